The number of nitrogens with one attached hydrogen (secondary N) is 1. The Morgan fingerprint density at radius 3 is 2.05 bits per heavy atom. The largest absolute Gasteiger partial charge is 0.399 e. The van der Waals surface area contributed by atoms with Gasteiger partial charge in [0.25, 0.3) is 10.1 Å². The molecule has 0 fully saturated rings. The van der Waals surface area contributed by atoms with E-state index in [-0.39, 0.29) is 10.6 Å². The molecule has 0 bridgehead atoms. The second kappa shape index (κ2) is 10.9. The van der Waals surface area contributed by atoms with Gasteiger partial charge in [0, 0.05) is 17.1 Å². The first kappa shape index (κ1) is 25.9. The molecule has 0 aliphatic heterocycles. The summed E-state index contributed by atoms with van der Waals surface area (Å²) in [6.07, 6.45) is 7.55. The molecule has 0 heterocycles. The van der Waals surface area contributed by atoms with Crippen molar-refractivity contribution in [1.29, 1.82) is 0 Å². The monoisotopic (exact) mass is 533 g/mol. The van der Waals surface area contributed by atoms with Gasteiger partial charge >= 0.3 is 0 Å². The number of hydrogen-bond donors (Lipinski definition) is 3. The Kier molecular flexibility index (Phi) is 7.27. The van der Waals surface area contributed by atoms with Crippen molar-refractivity contribution < 1.29 is 13.0 Å². The standard InChI is InChI=1S/C32H27N3O3S/c1-22-21-25(15-20-29(22)33)32(23-11-16-27(17-12-23)34-26-7-3-2-4-8-26)24-13-18-28(19-14-24)35-30-9-5-6-10-31(30)39(36,37)38/h2-21,34H,33H2,1H3,(H,36,37,38). The minimum Gasteiger partial charge on any atom is -0.399 e. The van der Waals surface area contributed by atoms with Crippen LogP contribution in [0.3, 0.4) is 0 Å². The second-order valence-electron chi connectivity index (χ2n) is 9.12. The lowest BCUT2D eigenvalue weighted by molar-refractivity contribution is 0.483. The summed E-state index contributed by atoms with van der Waals surface area (Å²) in [5.41, 5.74) is 14.6. The van der Waals surface area contributed by atoms with Crippen LogP contribution in [0.5, 0.6) is 0 Å². The first-order valence-corrected chi connectivity index (χ1v) is 13.8. The molecule has 0 atom stereocenters. The fourth-order valence-corrected chi connectivity index (χ4v) is 4.98. The van der Waals surface area contributed by atoms with Gasteiger partial charge in [0.05, 0.1) is 11.4 Å². The van der Waals surface area contributed by atoms with Gasteiger partial charge < -0.3 is 11.1 Å². The molecule has 0 saturated carbocycles. The Morgan fingerprint density at radius 1 is 0.769 bits per heavy atom. The maximum Gasteiger partial charge on any atom is 0.296 e. The van der Waals surface area contributed by atoms with Gasteiger partial charge in [-0.05, 0) is 95.4 Å². The average molecular weight is 534 g/mol. The van der Waals surface area contributed by atoms with Gasteiger partial charge in [-0.2, -0.15) is 8.42 Å². The van der Waals surface area contributed by atoms with Crippen LogP contribution in [-0.4, -0.2) is 18.7 Å². The van der Waals surface area contributed by atoms with Crippen LogP contribution in [0.25, 0.3) is 5.57 Å². The molecule has 39 heavy (non-hydrogen) atoms. The van der Waals surface area contributed by atoms with Crippen molar-refractivity contribution in [3.63, 3.8) is 0 Å². The van der Waals surface area contributed by atoms with Gasteiger partial charge in [-0.25, -0.2) is 4.99 Å². The Hall–Kier alpha value is -4.72. The maximum atomic E-state index is 11.8. The molecule has 4 aromatic rings. The Morgan fingerprint density at radius 2 is 1.38 bits per heavy atom. The summed E-state index contributed by atoms with van der Waals surface area (Å²) in [6.45, 7) is 1.98. The number of allylic oxidation sites excluding steroid dienone is 5. The van der Waals surface area contributed by atoms with Crippen LogP contribution in [0.2, 0.25) is 0 Å². The predicted octanol–water partition coefficient (Wildman–Crippen LogP) is 7.27. The normalized spacial score (nSPS) is 12.9. The highest BCUT2D eigenvalue weighted by atomic mass is 32.2. The first-order valence-electron chi connectivity index (χ1n) is 12.3. The molecule has 5 rings (SSSR count). The fraction of sp³-hybridized carbons (Fsp3) is 0.0312. The molecule has 4 N–H and O–H groups in total. The van der Waals surface area contributed by atoms with Gasteiger partial charge in [0.1, 0.15) is 4.90 Å². The second-order valence-corrected chi connectivity index (χ2v) is 10.5. The summed E-state index contributed by atoms with van der Waals surface area (Å²) in [6, 6.07) is 30.3. The predicted molar refractivity (Wildman–Crippen MR) is 159 cm³/mol. The number of anilines is 3. The number of rotatable bonds is 6. The zero-order valence-electron chi connectivity index (χ0n) is 21.2. The van der Waals surface area contributed by atoms with Crippen LogP contribution < -0.4 is 11.1 Å². The van der Waals surface area contributed by atoms with Crippen LogP contribution in [0, 0.1) is 6.92 Å². The van der Waals surface area contributed by atoms with Gasteiger partial charge in [0.15, 0.2) is 0 Å². The van der Waals surface area contributed by atoms with Crippen molar-refractivity contribution in [3.05, 3.63) is 144 Å². The number of nitrogens with zero attached hydrogens (tertiary/aromatic N) is 1. The number of hydrogen-bond acceptors (Lipinski definition) is 5. The van der Waals surface area contributed by atoms with Gasteiger partial charge in [-0.3, -0.25) is 4.55 Å². The van der Waals surface area contributed by atoms with E-state index >= 15 is 0 Å². The summed E-state index contributed by atoms with van der Waals surface area (Å²) < 4.78 is 33.1. The molecule has 0 spiro atoms. The average Bonchev–Trinajstić information content (AvgIpc) is 2.93. The molecule has 0 saturated heterocycles. The Labute approximate surface area is 228 Å². The summed E-state index contributed by atoms with van der Waals surface area (Å²) in [5.74, 6) is 0. The van der Waals surface area contributed by atoms with Crippen LogP contribution in [-0.2, 0) is 10.1 Å². The van der Waals surface area contributed by atoms with Crippen molar-refractivity contribution >= 4 is 44.2 Å². The number of nitrogen functional groups attached to an aromatic ring is 1. The fourth-order valence-electron chi connectivity index (χ4n) is 4.35. The lowest BCUT2D eigenvalue weighted by Gasteiger charge is -2.16. The summed E-state index contributed by atoms with van der Waals surface area (Å²) in [4.78, 5) is 4.22. The molecule has 4 aromatic carbocycles. The highest BCUT2D eigenvalue weighted by molar-refractivity contribution is 7.86. The molecule has 0 aromatic heterocycles. The molecule has 1 aliphatic rings. The van der Waals surface area contributed by atoms with Crippen LogP contribution in [0.4, 0.5) is 22.7 Å². The van der Waals surface area contributed by atoms with E-state index < -0.39 is 10.1 Å². The van der Waals surface area contributed by atoms with Crippen molar-refractivity contribution in [2.75, 3.05) is 11.1 Å². The number of para-hydroxylation sites is 2. The minimum atomic E-state index is -4.39. The third kappa shape index (κ3) is 6.06. The molecule has 194 valence electrons. The molecule has 0 amide bonds. The van der Waals surface area contributed by atoms with Crippen molar-refractivity contribution in [2.45, 2.75) is 11.8 Å². The number of benzene rings is 4. The molecular formula is C32H27N3O3S. The third-order valence-electron chi connectivity index (χ3n) is 6.34. The number of aliphatic imine (C=N–C) groups is 1. The van der Waals surface area contributed by atoms with E-state index in [4.69, 9.17) is 5.73 Å². The highest BCUT2D eigenvalue weighted by Gasteiger charge is 2.16. The van der Waals surface area contributed by atoms with Crippen molar-refractivity contribution in [3.8, 4) is 0 Å². The maximum absolute atomic E-state index is 11.8. The molecule has 0 unspecified atom stereocenters. The summed E-state index contributed by atoms with van der Waals surface area (Å²) >= 11 is 0. The van der Waals surface area contributed by atoms with E-state index in [1.54, 1.807) is 18.2 Å². The topological polar surface area (TPSA) is 105 Å². The van der Waals surface area contributed by atoms with Crippen molar-refractivity contribution in [1.82, 2.24) is 0 Å². The molecule has 1 aliphatic carbocycles. The molecule has 0 radical (unpaired) electrons. The van der Waals surface area contributed by atoms with Gasteiger partial charge in [-0.1, -0.05) is 60.7 Å². The zero-order chi connectivity index (χ0) is 27.4. The summed E-state index contributed by atoms with van der Waals surface area (Å²) in [5, 5.41) is 3.41. The van der Waals surface area contributed by atoms with E-state index in [9.17, 15) is 13.0 Å². The van der Waals surface area contributed by atoms with E-state index in [2.05, 4.69) is 28.5 Å². The van der Waals surface area contributed by atoms with Crippen LogP contribution >= 0.6 is 0 Å². The summed E-state index contributed by atoms with van der Waals surface area (Å²) in [7, 11) is -4.39. The molecule has 6 nitrogen and oxygen atoms in total. The molecule has 7 heteroatoms. The Bertz CT molecular complexity index is 1730. The zero-order valence-corrected chi connectivity index (χ0v) is 22.1. The highest BCUT2D eigenvalue weighted by Crippen LogP contribution is 2.33. The van der Waals surface area contributed by atoms with Crippen LogP contribution in [0.15, 0.2) is 137 Å². The lowest BCUT2D eigenvalue weighted by atomic mass is 9.90. The first-order chi connectivity index (χ1) is 18.8. The van der Waals surface area contributed by atoms with Crippen LogP contribution in [0.1, 0.15) is 16.7 Å². The van der Waals surface area contributed by atoms with E-state index in [0.717, 1.165) is 44.9 Å². The van der Waals surface area contributed by atoms with Gasteiger partial charge in [0.2, 0.25) is 0 Å². The molecular weight excluding hydrogens is 506 g/mol. The van der Waals surface area contributed by atoms with E-state index in [1.165, 1.54) is 6.07 Å². The number of nitrogens with two attached hydrogens (primary N) is 1. The van der Waals surface area contributed by atoms with Gasteiger partial charge in [-0.15, -0.1) is 0 Å². The SMILES string of the molecule is Cc1cc(C(=C2C=CC(=Nc3ccccc3S(=O)(=O)O)C=C2)c2ccc(Nc3ccccc3)cc2)ccc1N. The Balaban J connectivity index is 1.53. The quantitative estimate of drug-likeness (QED) is 0.179. The van der Waals surface area contributed by atoms with E-state index in [0.29, 0.717) is 5.71 Å². The van der Waals surface area contributed by atoms with Crippen molar-refractivity contribution in [2.24, 2.45) is 4.99 Å². The lowest BCUT2D eigenvalue weighted by Crippen LogP contribution is -2.01. The van der Waals surface area contributed by atoms with E-state index in [1.807, 2.05) is 85.8 Å². The third-order valence-corrected chi connectivity index (χ3v) is 7.24. The number of aryl methyl sites for hydroxylation is 1. The minimum absolute atomic E-state index is 0.174. The smallest absolute Gasteiger partial charge is 0.296 e.